The van der Waals surface area contributed by atoms with Crippen molar-refractivity contribution in [2.75, 3.05) is 25.2 Å². The van der Waals surface area contributed by atoms with Gasteiger partial charge in [0.25, 0.3) is 5.91 Å². The van der Waals surface area contributed by atoms with E-state index in [9.17, 15) is 18.0 Å². The van der Waals surface area contributed by atoms with Gasteiger partial charge in [0, 0.05) is 24.8 Å². The second kappa shape index (κ2) is 9.58. The zero-order valence-corrected chi connectivity index (χ0v) is 19.4. The molecule has 0 radical (unpaired) electrons. The summed E-state index contributed by atoms with van der Waals surface area (Å²) in [6.07, 6.45) is 1.38. The van der Waals surface area contributed by atoms with E-state index in [0.717, 1.165) is 19.3 Å². The van der Waals surface area contributed by atoms with E-state index in [4.69, 9.17) is 25.8 Å². The van der Waals surface area contributed by atoms with Gasteiger partial charge >= 0.3 is 5.97 Å². The number of nitrogens with one attached hydrogen (secondary N) is 1. The summed E-state index contributed by atoms with van der Waals surface area (Å²) in [6.45, 7) is 2.34. The van der Waals surface area contributed by atoms with Crippen LogP contribution in [0.1, 0.15) is 36.5 Å². The number of carbonyl (C=O) groups excluding carboxylic acids is 2. The molecule has 2 heterocycles. The standard InChI is InChI=1S/C22H23ClN2O7S/c1-14(21(26)24-16-6-8-18-19(12-16)31-13-30-18)32-22(27)15-5-7-17(23)20(11-15)33(28,29)25-9-3-2-4-10-25/h5-8,11-12,14H,2-4,9-10,13H2,1H3,(H,24,26). The molecule has 176 valence electrons. The van der Waals surface area contributed by atoms with E-state index in [1.165, 1.54) is 29.4 Å². The Labute approximate surface area is 196 Å². The quantitative estimate of drug-likeness (QED) is 0.612. The number of hydrogen-bond acceptors (Lipinski definition) is 7. The molecule has 0 bridgehead atoms. The third kappa shape index (κ3) is 5.07. The highest BCUT2D eigenvalue weighted by Gasteiger charge is 2.29. The number of carbonyl (C=O) groups is 2. The van der Waals surface area contributed by atoms with Crippen molar-refractivity contribution < 1.29 is 32.2 Å². The summed E-state index contributed by atoms with van der Waals surface area (Å²) in [4.78, 5) is 25.0. The number of nitrogens with zero attached hydrogens (tertiary/aromatic N) is 1. The summed E-state index contributed by atoms with van der Waals surface area (Å²) in [5.41, 5.74) is 0.436. The average molecular weight is 495 g/mol. The van der Waals surface area contributed by atoms with E-state index in [1.54, 1.807) is 18.2 Å². The number of sulfonamides is 1. The Balaban J connectivity index is 1.44. The molecule has 2 aromatic carbocycles. The molecular weight excluding hydrogens is 472 g/mol. The Morgan fingerprint density at radius 3 is 2.55 bits per heavy atom. The number of esters is 1. The van der Waals surface area contributed by atoms with Crippen LogP contribution in [0.2, 0.25) is 5.02 Å². The first kappa shape index (κ1) is 23.3. The van der Waals surface area contributed by atoms with Crippen molar-refractivity contribution in [3.05, 3.63) is 47.0 Å². The summed E-state index contributed by atoms with van der Waals surface area (Å²) in [5, 5.41) is 2.66. The van der Waals surface area contributed by atoms with Crippen molar-refractivity contribution in [2.45, 2.75) is 37.2 Å². The van der Waals surface area contributed by atoms with Crippen LogP contribution in [-0.4, -0.2) is 50.6 Å². The fourth-order valence-corrected chi connectivity index (χ4v) is 5.59. The molecule has 9 nitrogen and oxygen atoms in total. The minimum atomic E-state index is -3.85. The lowest BCUT2D eigenvalue weighted by molar-refractivity contribution is -0.123. The molecule has 1 saturated heterocycles. The molecule has 1 unspecified atom stereocenters. The predicted octanol–water partition coefficient (Wildman–Crippen LogP) is 3.43. The Bertz CT molecular complexity index is 1180. The molecule has 2 aromatic rings. The lowest BCUT2D eigenvalue weighted by Crippen LogP contribution is -2.36. The van der Waals surface area contributed by atoms with Gasteiger partial charge in [-0.05, 0) is 50.1 Å². The Morgan fingerprint density at radius 1 is 1.06 bits per heavy atom. The van der Waals surface area contributed by atoms with Crippen LogP contribution >= 0.6 is 11.6 Å². The third-order valence-electron chi connectivity index (χ3n) is 5.39. The molecular formula is C22H23ClN2O7S. The third-order valence-corrected chi connectivity index (χ3v) is 7.77. The highest BCUT2D eigenvalue weighted by Crippen LogP contribution is 2.34. The van der Waals surface area contributed by atoms with Crippen LogP contribution in [0.5, 0.6) is 11.5 Å². The van der Waals surface area contributed by atoms with E-state index in [1.807, 2.05) is 0 Å². The fraction of sp³-hybridized carbons (Fsp3) is 0.364. The number of benzene rings is 2. The summed E-state index contributed by atoms with van der Waals surface area (Å²) in [7, 11) is -3.85. The highest BCUT2D eigenvalue weighted by atomic mass is 35.5. The summed E-state index contributed by atoms with van der Waals surface area (Å²) in [5.74, 6) is -0.320. The normalized spacial score (nSPS) is 16.8. The van der Waals surface area contributed by atoms with Gasteiger partial charge in [-0.2, -0.15) is 4.31 Å². The van der Waals surface area contributed by atoms with Gasteiger partial charge < -0.3 is 19.5 Å². The Hall–Kier alpha value is -2.82. The predicted molar refractivity (Wildman–Crippen MR) is 120 cm³/mol. The maximum Gasteiger partial charge on any atom is 0.338 e. The van der Waals surface area contributed by atoms with Crippen molar-refractivity contribution >= 4 is 39.2 Å². The van der Waals surface area contributed by atoms with Crippen molar-refractivity contribution in [1.29, 1.82) is 0 Å². The highest BCUT2D eigenvalue weighted by molar-refractivity contribution is 7.89. The zero-order valence-electron chi connectivity index (χ0n) is 17.9. The molecule has 1 fully saturated rings. The van der Waals surface area contributed by atoms with Crippen LogP contribution in [0.4, 0.5) is 5.69 Å². The number of anilines is 1. The molecule has 4 rings (SSSR count). The number of rotatable bonds is 6. The van der Waals surface area contributed by atoms with Crippen molar-refractivity contribution in [3.8, 4) is 11.5 Å². The van der Waals surface area contributed by atoms with Crippen molar-refractivity contribution in [2.24, 2.45) is 0 Å². The molecule has 0 aromatic heterocycles. The molecule has 33 heavy (non-hydrogen) atoms. The van der Waals surface area contributed by atoms with Gasteiger partial charge in [-0.3, -0.25) is 4.79 Å². The average Bonchev–Trinajstić information content (AvgIpc) is 3.27. The zero-order chi connectivity index (χ0) is 23.6. The molecule has 11 heteroatoms. The van der Waals surface area contributed by atoms with Gasteiger partial charge in [0.05, 0.1) is 10.6 Å². The molecule has 0 spiro atoms. The molecule has 1 N–H and O–H groups in total. The number of amides is 1. The minimum absolute atomic E-state index is 0.0160. The van der Waals surface area contributed by atoms with Crippen molar-refractivity contribution in [3.63, 3.8) is 0 Å². The monoisotopic (exact) mass is 494 g/mol. The minimum Gasteiger partial charge on any atom is -0.454 e. The molecule has 1 amide bonds. The number of ether oxygens (including phenoxy) is 3. The summed E-state index contributed by atoms with van der Waals surface area (Å²) >= 11 is 6.15. The topological polar surface area (TPSA) is 111 Å². The second-order valence-electron chi connectivity index (χ2n) is 7.71. The Morgan fingerprint density at radius 2 is 1.79 bits per heavy atom. The molecule has 2 aliphatic rings. The first-order valence-corrected chi connectivity index (χ1v) is 12.3. The van der Waals surface area contributed by atoms with Gasteiger partial charge in [-0.25, -0.2) is 13.2 Å². The fourth-order valence-electron chi connectivity index (χ4n) is 3.57. The van der Waals surface area contributed by atoms with E-state index in [2.05, 4.69) is 5.32 Å². The molecule has 0 aliphatic carbocycles. The first-order valence-electron chi connectivity index (χ1n) is 10.5. The molecule has 0 saturated carbocycles. The van der Waals surface area contributed by atoms with Crippen LogP contribution < -0.4 is 14.8 Å². The first-order chi connectivity index (χ1) is 15.8. The number of fused-ring (bicyclic) bond motifs is 1. The maximum absolute atomic E-state index is 13.0. The van der Waals surface area contributed by atoms with Crippen LogP contribution in [0.25, 0.3) is 0 Å². The smallest absolute Gasteiger partial charge is 0.338 e. The van der Waals surface area contributed by atoms with Crippen LogP contribution in [0.15, 0.2) is 41.3 Å². The summed E-state index contributed by atoms with van der Waals surface area (Å²) in [6, 6.07) is 8.79. The van der Waals surface area contributed by atoms with Gasteiger partial charge in [-0.15, -0.1) is 0 Å². The van der Waals surface area contributed by atoms with Crippen LogP contribution in [0, 0.1) is 0 Å². The lowest BCUT2D eigenvalue weighted by Gasteiger charge is -2.26. The van der Waals surface area contributed by atoms with Gasteiger partial charge in [0.2, 0.25) is 16.8 Å². The van der Waals surface area contributed by atoms with Gasteiger partial charge in [0.15, 0.2) is 17.6 Å². The lowest BCUT2D eigenvalue weighted by atomic mass is 10.2. The number of piperidine rings is 1. The number of halogens is 1. The van der Waals surface area contributed by atoms with Crippen molar-refractivity contribution in [1.82, 2.24) is 4.31 Å². The van der Waals surface area contributed by atoms with Gasteiger partial charge in [0.1, 0.15) is 4.90 Å². The SMILES string of the molecule is CC(OC(=O)c1ccc(Cl)c(S(=O)(=O)N2CCCCC2)c1)C(=O)Nc1ccc2c(c1)OCO2. The van der Waals surface area contributed by atoms with E-state index >= 15 is 0 Å². The summed E-state index contributed by atoms with van der Waals surface area (Å²) < 4.78 is 43.1. The molecule has 2 aliphatic heterocycles. The van der Waals surface area contributed by atoms with Crippen LogP contribution in [-0.2, 0) is 19.6 Å². The van der Waals surface area contributed by atoms with E-state index in [0.29, 0.717) is 30.3 Å². The van der Waals surface area contributed by atoms with Gasteiger partial charge in [-0.1, -0.05) is 18.0 Å². The second-order valence-corrected chi connectivity index (χ2v) is 10.0. The van der Waals surface area contributed by atoms with E-state index in [-0.39, 0.29) is 22.3 Å². The maximum atomic E-state index is 13.0. The Kier molecular flexibility index (Phi) is 6.78. The van der Waals surface area contributed by atoms with Crippen LogP contribution in [0.3, 0.4) is 0 Å². The molecule has 1 atom stereocenters. The number of hydrogen-bond donors (Lipinski definition) is 1. The van der Waals surface area contributed by atoms with E-state index < -0.39 is 28.0 Å². The largest absolute Gasteiger partial charge is 0.454 e.